The van der Waals surface area contributed by atoms with E-state index in [4.69, 9.17) is 13.3 Å². The smallest absolute Gasteiger partial charge is 0.224 e. The molecular weight excluding hydrogens is 427 g/mol. The predicted octanol–water partition coefficient (Wildman–Crippen LogP) is 4.94. The Balaban J connectivity index is 3.09. The predicted molar refractivity (Wildman–Crippen MR) is 131 cm³/mol. The lowest BCUT2D eigenvalue weighted by Gasteiger charge is -2.45. The molecule has 0 amide bonds. The van der Waals surface area contributed by atoms with Crippen LogP contribution < -0.4 is 4.57 Å². The summed E-state index contributed by atoms with van der Waals surface area (Å²) in [7, 11) is -6.16. The number of nitrogens with zero attached hydrogens (tertiary/aromatic N) is 1. The van der Waals surface area contributed by atoms with E-state index in [-0.39, 0.29) is 0 Å². The fraction of sp³-hybridized carbons (Fsp3) is 0.476. The van der Waals surface area contributed by atoms with E-state index in [1.807, 2.05) is 23.2 Å². The van der Waals surface area contributed by atoms with Crippen LogP contribution >= 0.6 is 0 Å². The van der Waals surface area contributed by atoms with Gasteiger partial charge in [-0.25, -0.2) is 4.57 Å². The van der Waals surface area contributed by atoms with Gasteiger partial charge in [0.05, 0.1) is 0 Å². The van der Waals surface area contributed by atoms with Gasteiger partial charge in [-0.1, -0.05) is 23.2 Å². The summed E-state index contributed by atoms with van der Waals surface area (Å²) < 4.78 is 22.2. The fourth-order valence-electron chi connectivity index (χ4n) is 2.42. The van der Waals surface area contributed by atoms with Gasteiger partial charge < -0.3 is 13.3 Å². The minimum atomic E-state index is -2.17. The highest BCUT2D eigenvalue weighted by molar-refractivity contribution is 6.79. The average molecular weight is 465 g/mol. The molecular formula is C21H38NO3Si4+. The number of hydrogen-bond acceptors (Lipinski definition) is 3. The lowest BCUT2D eigenvalue weighted by Crippen LogP contribution is -2.60. The van der Waals surface area contributed by atoms with Crippen molar-refractivity contribution in [3.05, 3.63) is 67.4 Å². The topological polar surface area (TPSA) is 31.6 Å². The van der Waals surface area contributed by atoms with Crippen LogP contribution in [0.4, 0.5) is 0 Å². The van der Waals surface area contributed by atoms with Gasteiger partial charge in [-0.2, -0.15) is 0 Å². The molecule has 0 saturated heterocycles. The van der Waals surface area contributed by atoms with E-state index >= 15 is 0 Å². The lowest BCUT2D eigenvalue weighted by atomic mass is 10.4. The Hall–Kier alpha value is -0.882. The van der Waals surface area contributed by atoms with Crippen molar-refractivity contribution in [2.45, 2.75) is 63.9 Å². The normalized spacial score (nSPS) is 13.2. The molecule has 0 aliphatic heterocycles. The number of hydrogen-bond donors (Lipinski definition) is 0. The number of rotatable bonds is 14. The summed E-state index contributed by atoms with van der Waals surface area (Å²) in [6, 6.07) is 7.09. The highest BCUT2D eigenvalue weighted by Crippen LogP contribution is 2.30. The van der Waals surface area contributed by atoms with E-state index in [9.17, 15) is 0 Å². The van der Waals surface area contributed by atoms with Gasteiger partial charge in [0, 0.05) is 18.6 Å². The van der Waals surface area contributed by atoms with E-state index in [1.165, 1.54) is 0 Å². The average Bonchev–Trinajstić information content (AvgIpc) is 2.65. The summed E-state index contributed by atoms with van der Waals surface area (Å²) in [5, 5.41) is 0. The summed E-state index contributed by atoms with van der Waals surface area (Å²) in [6.07, 6.45) is 5.21. The molecule has 0 aliphatic carbocycles. The molecule has 0 unspecified atom stereocenters. The third-order valence-electron chi connectivity index (χ3n) is 4.38. The minimum Gasteiger partial charge on any atom is -0.371 e. The van der Waals surface area contributed by atoms with Crippen LogP contribution in [-0.4, -0.2) is 40.1 Å². The Bertz CT molecular complexity index is 623. The number of aryl methyl sites for hydroxylation is 1. The molecule has 0 atom stereocenters. The largest absolute Gasteiger partial charge is 0.371 e. The molecule has 160 valence electrons. The maximum atomic E-state index is 6.66. The molecule has 1 rings (SSSR count). The van der Waals surface area contributed by atoms with Gasteiger partial charge >= 0.3 is 0 Å². The Labute approximate surface area is 183 Å². The molecule has 4 nitrogen and oxygen atoms in total. The quantitative estimate of drug-likeness (QED) is 0.169. The van der Waals surface area contributed by atoms with Crippen LogP contribution in [0, 0.1) is 0 Å². The van der Waals surface area contributed by atoms with Crippen molar-refractivity contribution in [1.29, 1.82) is 0 Å². The van der Waals surface area contributed by atoms with Gasteiger partial charge in [-0.05, 0) is 45.3 Å². The van der Waals surface area contributed by atoms with Crippen molar-refractivity contribution in [3.8, 4) is 0 Å². The monoisotopic (exact) mass is 464 g/mol. The van der Waals surface area contributed by atoms with Crippen LogP contribution in [0.25, 0.3) is 0 Å². The molecule has 1 aromatic rings. The molecule has 0 fully saturated rings. The maximum Gasteiger partial charge on any atom is 0.224 e. The van der Waals surface area contributed by atoms with Crippen LogP contribution in [-0.2, 0) is 19.8 Å². The van der Waals surface area contributed by atoms with Gasteiger partial charge in [0.2, 0.25) is 30.5 Å². The standard InChI is InChI=1S/C21H38NO3Si4/c1-10-27(4,5)23-21(24-28(6,7)11-2,25-29(8,9)12-3)26-20-16-19-22-17-14-13-15-18-22/h10-15,17-18H,1-3,16,19-20H2,4-9H3/q+1. The zero-order valence-corrected chi connectivity index (χ0v) is 23.0. The summed E-state index contributed by atoms with van der Waals surface area (Å²) in [5.74, 6) is 0. The van der Waals surface area contributed by atoms with Gasteiger partial charge in [-0.15, -0.1) is 19.7 Å². The van der Waals surface area contributed by atoms with Crippen LogP contribution in [0.1, 0.15) is 6.42 Å². The first kappa shape index (κ1) is 26.2. The van der Waals surface area contributed by atoms with E-state index in [0.717, 1.165) is 19.0 Å². The van der Waals surface area contributed by atoms with Gasteiger partial charge in [-0.3, -0.25) is 0 Å². The van der Waals surface area contributed by atoms with E-state index in [0.29, 0.717) is 9.52 Å². The second-order valence-corrected chi connectivity index (χ2v) is 21.6. The van der Waals surface area contributed by atoms with Crippen LogP contribution in [0.15, 0.2) is 67.4 Å². The number of aromatic nitrogens is 1. The molecule has 2 radical (unpaired) electrons. The summed E-state index contributed by atoms with van der Waals surface area (Å²) in [5.41, 5.74) is 4.75. The second kappa shape index (κ2) is 10.9. The van der Waals surface area contributed by atoms with E-state index < -0.39 is 30.5 Å². The molecule has 1 heterocycles. The van der Waals surface area contributed by atoms with Gasteiger partial charge in [0.25, 0.3) is 0 Å². The van der Waals surface area contributed by atoms with E-state index in [1.54, 1.807) is 0 Å². The number of pyridine rings is 1. The molecule has 1 aromatic heterocycles. The van der Waals surface area contributed by atoms with Gasteiger partial charge in [0.1, 0.15) is 6.54 Å². The molecule has 0 N–H and O–H groups in total. The first-order valence-corrected chi connectivity index (χ1v) is 20.2. The summed E-state index contributed by atoms with van der Waals surface area (Å²) in [6.45, 7) is 25.7. The maximum absolute atomic E-state index is 6.66. The molecule has 0 aliphatic rings. The second-order valence-electron chi connectivity index (χ2n) is 8.68. The third-order valence-corrected chi connectivity index (χ3v) is 11.7. The minimum absolute atomic E-state index is 0.356. The molecule has 8 heteroatoms. The van der Waals surface area contributed by atoms with Crippen molar-refractivity contribution in [1.82, 2.24) is 0 Å². The molecule has 0 aromatic carbocycles. The lowest BCUT2D eigenvalue weighted by molar-refractivity contribution is -0.696. The fourth-order valence-corrected chi connectivity index (χ4v) is 9.12. The van der Waals surface area contributed by atoms with Crippen molar-refractivity contribution < 1.29 is 17.8 Å². The van der Waals surface area contributed by atoms with Crippen molar-refractivity contribution in [2.75, 3.05) is 0 Å². The molecule has 0 bridgehead atoms. The Morgan fingerprint density at radius 3 is 1.59 bits per heavy atom. The third kappa shape index (κ3) is 9.64. The molecule has 0 spiro atoms. The van der Waals surface area contributed by atoms with Crippen LogP contribution in [0.5, 0.6) is 0 Å². The molecule has 0 saturated carbocycles. The highest BCUT2D eigenvalue weighted by Gasteiger charge is 2.46. The van der Waals surface area contributed by atoms with Crippen molar-refractivity contribution in [3.63, 3.8) is 0 Å². The van der Waals surface area contributed by atoms with E-state index in [2.05, 4.69) is 88.1 Å². The first-order chi connectivity index (χ1) is 13.4. The molecule has 29 heavy (non-hydrogen) atoms. The van der Waals surface area contributed by atoms with Crippen LogP contribution in [0.3, 0.4) is 0 Å². The van der Waals surface area contributed by atoms with Crippen molar-refractivity contribution in [2.24, 2.45) is 0 Å². The Morgan fingerprint density at radius 1 is 0.793 bits per heavy atom. The highest BCUT2D eigenvalue weighted by atomic mass is 28.4. The van der Waals surface area contributed by atoms with Crippen LogP contribution in [0.2, 0.25) is 45.3 Å². The first-order valence-electron chi connectivity index (χ1n) is 10.1. The summed E-state index contributed by atoms with van der Waals surface area (Å²) in [4.78, 5) is 0. The zero-order valence-electron chi connectivity index (χ0n) is 19.0. The summed E-state index contributed by atoms with van der Waals surface area (Å²) >= 11 is 0. The Kier molecular flexibility index (Phi) is 9.87. The Morgan fingerprint density at radius 2 is 1.21 bits per heavy atom. The SMILES string of the molecule is C=C[Si](C)(C)OC(O[Si](C)(C)C=C)(O[Si](C)(C)C=C)[Si]CCC[n+]1ccccc1. The zero-order chi connectivity index (χ0) is 22.2. The van der Waals surface area contributed by atoms with Crippen molar-refractivity contribution >= 4 is 34.5 Å². The van der Waals surface area contributed by atoms with Gasteiger partial charge in [0.15, 0.2) is 21.9 Å².